The molecule has 0 spiro atoms. The van der Waals surface area contributed by atoms with Crippen molar-refractivity contribution >= 4 is 43.3 Å². The lowest BCUT2D eigenvalue weighted by molar-refractivity contribution is 0.602. The van der Waals surface area contributed by atoms with Gasteiger partial charge in [-0.15, -0.1) is 5.10 Å². The fourth-order valence-corrected chi connectivity index (χ4v) is 4.34. The Labute approximate surface area is 177 Å². The summed E-state index contributed by atoms with van der Waals surface area (Å²) in [6.07, 6.45) is 7.37. The predicted octanol–water partition coefficient (Wildman–Crippen LogP) is 3.12. The van der Waals surface area contributed by atoms with Crippen molar-refractivity contribution in [3.63, 3.8) is 0 Å². The summed E-state index contributed by atoms with van der Waals surface area (Å²) >= 11 is 0. The number of nitrogens with zero attached hydrogens (tertiary/aromatic N) is 6. The zero-order chi connectivity index (χ0) is 21.6. The summed E-state index contributed by atoms with van der Waals surface area (Å²) in [4.78, 5) is 13.2. The van der Waals surface area contributed by atoms with Gasteiger partial charge in [-0.05, 0) is 35.9 Å². The van der Waals surface area contributed by atoms with Gasteiger partial charge in [-0.3, -0.25) is 15.0 Å². The van der Waals surface area contributed by atoms with Crippen LogP contribution in [0.4, 0.5) is 11.4 Å². The molecule has 2 aromatic carbocycles. The maximum absolute atomic E-state index is 12.2. The monoisotopic (exact) mass is 431 g/mol. The van der Waals surface area contributed by atoms with E-state index in [9.17, 15) is 8.42 Å². The maximum atomic E-state index is 12.2. The molecule has 0 atom stereocenters. The molecule has 0 aliphatic carbocycles. The van der Waals surface area contributed by atoms with Crippen LogP contribution in [0.1, 0.15) is 0 Å². The minimum absolute atomic E-state index is 0.171. The van der Waals surface area contributed by atoms with Gasteiger partial charge in [0, 0.05) is 43.1 Å². The SMILES string of the molecule is Cn1nnc2cc(-c3cc(Nc4cnccc4S(C)(=O)=O)cc4nccnc34)ccc21. The normalized spacial score (nSPS) is 11.8. The van der Waals surface area contributed by atoms with Crippen molar-refractivity contribution in [1.29, 1.82) is 0 Å². The van der Waals surface area contributed by atoms with Crippen LogP contribution >= 0.6 is 0 Å². The van der Waals surface area contributed by atoms with Crippen molar-refractivity contribution in [3.05, 3.63) is 61.2 Å². The molecule has 0 radical (unpaired) electrons. The van der Waals surface area contributed by atoms with Crippen molar-refractivity contribution in [1.82, 2.24) is 29.9 Å². The minimum atomic E-state index is -3.43. The Morgan fingerprint density at radius 1 is 0.968 bits per heavy atom. The molecule has 31 heavy (non-hydrogen) atoms. The third kappa shape index (κ3) is 3.46. The van der Waals surface area contributed by atoms with Crippen LogP contribution in [-0.2, 0) is 16.9 Å². The summed E-state index contributed by atoms with van der Waals surface area (Å²) in [7, 11) is -1.59. The smallest absolute Gasteiger partial charge is 0.177 e. The van der Waals surface area contributed by atoms with Crippen molar-refractivity contribution in [2.75, 3.05) is 11.6 Å². The Kier molecular flexibility index (Phi) is 4.36. The Balaban J connectivity index is 1.68. The maximum Gasteiger partial charge on any atom is 0.177 e. The largest absolute Gasteiger partial charge is 0.353 e. The average Bonchev–Trinajstić information content (AvgIpc) is 3.13. The molecule has 10 heteroatoms. The number of fused-ring (bicyclic) bond motifs is 2. The molecule has 3 aromatic heterocycles. The van der Waals surface area contributed by atoms with Crippen LogP contribution < -0.4 is 5.32 Å². The van der Waals surface area contributed by atoms with Crippen molar-refractivity contribution in [3.8, 4) is 11.1 Å². The lowest BCUT2D eigenvalue weighted by Gasteiger charge is -2.13. The number of hydrogen-bond acceptors (Lipinski definition) is 8. The van der Waals surface area contributed by atoms with Gasteiger partial charge >= 0.3 is 0 Å². The summed E-state index contributed by atoms with van der Waals surface area (Å²) in [6.45, 7) is 0. The first-order valence-electron chi connectivity index (χ1n) is 9.36. The van der Waals surface area contributed by atoms with Gasteiger partial charge in [-0.2, -0.15) is 0 Å². The third-order valence-electron chi connectivity index (χ3n) is 4.95. The minimum Gasteiger partial charge on any atom is -0.353 e. The molecule has 0 aliphatic rings. The molecule has 9 nitrogen and oxygen atoms in total. The van der Waals surface area contributed by atoms with E-state index in [0.29, 0.717) is 16.9 Å². The molecular weight excluding hydrogens is 414 g/mol. The highest BCUT2D eigenvalue weighted by atomic mass is 32.2. The molecule has 5 rings (SSSR count). The molecule has 0 bridgehead atoms. The number of pyridine rings is 1. The standard InChI is InChI=1S/C21H17N7O2S/c1-28-19-4-3-13(9-16(19)26-27-28)15-10-14(11-17-21(15)24-8-7-23-17)25-18-12-22-6-5-20(18)31(2,29)30/h3-12,25H,1-2H3. The fourth-order valence-electron chi connectivity index (χ4n) is 3.53. The number of benzene rings is 2. The van der Waals surface area contributed by atoms with Gasteiger partial charge in [0.05, 0.1) is 33.3 Å². The Morgan fingerprint density at radius 3 is 2.65 bits per heavy atom. The van der Waals surface area contributed by atoms with Crippen molar-refractivity contribution < 1.29 is 8.42 Å². The van der Waals surface area contributed by atoms with Gasteiger partial charge in [-0.25, -0.2) is 13.1 Å². The molecule has 0 saturated heterocycles. The Hall–Kier alpha value is -3.92. The van der Waals surface area contributed by atoms with Gasteiger partial charge < -0.3 is 5.32 Å². The van der Waals surface area contributed by atoms with Crippen LogP contribution in [0.3, 0.4) is 0 Å². The van der Waals surface area contributed by atoms with Gasteiger partial charge in [0.2, 0.25) is 0 Å². The topological polar surface area (TPSA) is 116 Å². The summed E-state index contributed by atoms with van der Waals surface area (Å²) in [5.41, 5.74) is 5.88. The second-order valence-corrected chi connectivity index (χ2v) is 9.12. The van der Waals surface area contributed by atoms with Crippen LogP contribution in [0.25, 0.3) is 33.2 Å². The first kappa shape index (κ1) is 19.1. The first-order chi connectivity index (χ1) is 14.9. The van der Waals surface area contributed by atoms with Gasteiger partial charge in [0.1, 0.15) is 5.52 Å². The zero-order valence-corrected chi connectivity index (χ0v) is 17.5. The summed E-state index contributed by atoms with van der Waals surface area (Å²) in [5.74, 6) is 0. The van der Waals surface area contributed by atoms with E-state index in [4.69, 9.17) is 0 Å². The van der Waals surface area contributed by atoms with Crippen molar-refractivity contribution in [2.24, 2.45) is 7.05 Å². The van der Waals surface area contributed by atoms with Crippen LogP contribution in [0.15, 0.2) is 66.1 Å². The molecule has 1 N–H and O–H groups in total. The van der Waals surface area contributed by atoms with Gasteiger partial charge in [0.25, 0.3) is 0 Å². The number of aromatic nitrogens is 6. The number of hydrogen-bond donors (Lipinski definition) is 1. The molecule has 0 amide bonds. The first-order valence-corrected chi connectivity index (χ1v) is 11.2. The molecule has 0 unspecified atom stereocenters. The second kappa shape index (κ2) is 7.10. The van der Waals surface area contributed by atoms with E-state index in [-0.39, 0.29) is 4.90 Å². The quantitative estimate of drug-likeness (QED) is 0.461. The Bertz CT molecular complexity index is 1560. The highest BCUT2D eigenvalue weighted by molar-refractivity contribution is 7.90. The number of rotatable bonds is 4. The van der Waals surface area contributed by atoms with E-state index in [2.05, 4.69) is 30.6 Å². The number of nitrogens with one attached hydrogen (secondary N) is 1. The number of anilines is 2. The van der Waals surface area contributed by atoms with Crippen LogP contribution in [0.2, 0.25) is 0 Å². The van der Waals surface area contributed by atoms with E-state index in [1.54, 1.807) is 17.1 Å². The van der Waals surface area contributed by atoms with Crippen LogP contribution in [-0.4, -0.2) is 44.6 Å². The Morgan fingerprint density at radius 2 is 1.81 bits per heavy atom. The lowest BCUT2D eigenvalue weighted by atomic mass is 10.0. The average molecular weight is 431 g/mol. The highest BCUT2D eigenvalue weighted by Gasteiger charge is 2.15. The summed E-state index contributed by atoms with van der Waals surface area (Å²) in [6, 6.07) is 11.1. The number of aryl methyl sites for hydroxylation is 1. The lowest BCUT2D eigenvalue weighted by Crippen LogP contribution is -2.03. The molecule has 3 heterocycles. The molecule has 0 saturated carbocycles. The third-order valence-corrected chi connectivity index (χ3v) is 6.11. The van der Waals surface area contributed by atoms with E-state index in [0.717, 1.165) is 27.7 Å². The molecule has 154 valence electrons. The van der Waals surface area contributed by atoms with Crippen LogP contribution in [0, 0.1) is 0 Å². The summed E-state index contributed by atoms with van der Waals surface area (Å²) < 4.78 is 26.0. The predicted molar refractivity (Wildman–Crippen MR) is 118 cm³/mol. The van der Waals surface area contributed by atoms with E-state index < -0.39 is 9.84 Å². The van der Waals surface area contributed by atoms with Gasteiger partial charge in [0.15, 0.2) is 9.84 Å². The van der Waals surface area contributed by atoms with Crippen LogP contribution in [0.5, 0.6) is 0 Å². The number of sulfone groups is 1. The molecule has 0 aliphatic heterocycles. The highest BCUT2D eigenvalue weighted by Crippen LogP contribution is 2.33. The molecule has 0 fully saturated rings. The van der Waals surface area contributed by atoms with E-state index >= 15 is 0 Å². The molecular formula is C21H17N7O2S. The second-order valence-electron chi connectivity index (χ2n) is 7.13. The van der Waals surface area contributed by atoms with E-state index in [1.807, 2.05) is 37.4 Å². The van der Waals surface area contributed by atoms with Gasteiger partial charge in [-0.1, -0.05) is 11.3 Å². The van der Waals surface area contributed by atoms with E-state index in [1.165, 1.54) is 24.7 Å². The van der Waals surface area contributed by atoms with Crippen molar-refractivity contribution in [2.45, 2.75) is 4.90 Å². The fraction of sp³-hybridized carbons (Fsp3) is 0.0952. The zero-order valence-electron chi connectivity index (χ0n) is 16.7. The molecule has 5 aromatic rings. The summed E-state index contributed by atoms with van der Waals surface area (Å²) in [5, 5.41) is 11.4.